The molecule has 1 rings (SSSR count). The Bertz CT molecular complexity index is 487. The van der Waals surface area contributed by atoms with E-state index >= 15 is 0 Å². The number of nitrogens with one attached hydrogen (secondary N) is 2. The van der Waals surface area contributed by atoms with E-state index in [9.17, 15) is 9.59 Å². The summed E-state index contributed by atoms with van der Waals surface area (Å²) >= 11 is 0. The Kier molecular flexibility index (Phi) is 4.76. The molecule has 0 aromatic carbocycles. The van der Waals surface area contributed by atoms with Crippen molar-refractivity contribution in [2.75, 3.05) is 11.9 Å². The van der Waals surface area contributed by atoms with Crippen LogP contribution in [0.2, 0.25) is 0 Å². The molecule has 0 atom stereocenters. The summed E-state index contributed by atoms with van der Waals surface area (Å²) in [6.45, 7) is 2.67. The maximum absolute atomic E-state index is 11.4. The fourth-order valence-corrected chi connectivity index (χ4v) is 1.12. The van der Waals surface area contributed by atoms with Crippen molar-refractivity contribution in [2.24, 2.45) is 0 Å². The number of hydrogen-bond acceptors (Lipinski definition) is 3. The smallest absolute Gasteiger partial charge is 0.338 e. The fourth-order valence-electron chi connectivity index (χ4n) is 1.12. The molecule has 0 bridgehead atoms. The van der Waals surface area contributed by atoms with E-state index in [1.165, 1.54) is 16.8 Å². The fraction of sp³-hybridized carbons (Fsp3) is 0.364. The van der Waals surface area contributed by atoms with Gasteiger partial charge in [-0.05, 0) is 12.5 Å². The molecule has 90 valence electrons. The summed E-state index contributed by atoms with van der Waals surface area (Å²) in [5.74, 6) is 2.54. The van der Waals surface area contributed by atoms with E-state index in [0.717, 1.165) is 6.42 Å². The van der Waals surface area contributed by atoms with Gasteiger partial charge in [-0.1, -0.05) is 12.8 Å². The number of hydrogen-bond donors (Lipinski definition) is 2. The zero-order valence-corrected chi connectivity index (χ0v) is 9.56. The third kappa shape index (κ3) is 3.99. The summed E-state index contributed by atoms with van der Waals surface area (Å²) < 4.78 is 1.27. The molecule has 0 saturated heterocycles. The maximum Gasteiger partial charge on any atom is 0.350 e. The lowest BCUT2D eigenvalue weighted by atomic mass is 10.5. The number of rotatable bonds is 4. The first-order chi connectivity index (χ1) is 8.17. The third-order valence-electron chi connectivity index (χ3n) is 1.91. The van der Waals surface area contributed by atoms with Crippen LogP contribution >= 0.6 is 0 Å². The largest absolute Gasteiger partial charge is 0.350 e. The maximum atomic E-state index is 11.4. The molecular weight excluding hydrogens is 220 g/mol. The van der Waals surface area contributed by atoms with Crippen molar-refractivity contribution in [3.63, 3.8) is 0 Å². The van der Waals surface area contributed by atoms with E-state index < -0.39 is 5.69 Å². The monoisotopic (exact) mass is 234 g/mol. The van der Waals surface area contributed by atoms with Crippen LogP contribution in [0.3, 0.4) is 0 Å². The molecule has 0 spiro atoms. The molecule has 0 aliphatic heterocycles. The minimum Gasteiger partial charge on any atom is -0.338 e. The number of terminal acetylenes is 1. The van der Waals surface area contributed by atoms with Gasteiger partial charge in [-0.15, -0.1) is 6.42 Å². The van der Waals surface area contributed by atoms with Crippen LogP contribution in [0.1, 0.15) is 13.3 Å². The molecule has 2 N–H and O–H groups in total. The second-order valence-electron chi connectivity index (χ2n) is 3.31. The number of amides is 2. The molecule has 2 amide bonds. The minimum absolute atomic E-state index is 0.161. The summed E-state index contributed by atoms with van der Waals surface area (Å²) in [5.41, 5.74) is -0.490. The van der Waals surface area contributed by atoms with Crippen molar-refractivity contribution in [3.05, 3.63) is 22.7 Å². The van der Waals surface area contributed by atoms with Crippen molar-refractivity contribution in [2.45, 2.75) is 19.9 Å². The standard InChI is InChI=1S/C11H14N4O2/c1-3-6-12-10(16)13-9-5-8-15(7-4-2)11(17)14-9/h2,5,8H,3,6-7H2,1H3,(H2,12,13,14,16,17). The normalized spacial score (nSPS) is 9.41. The van der Waals surface area contributed by atoms with Crippen molar-refractivity contribution in [1.29, 1.82) is 0 Å². The first-order valence-electron chi connectivity index (χ1n) is 5.23. The highest BCUT2D eigenvalue weighted by Gasteiger charge is 2.03. The highest BCUT2D eigenvalue weighted by atomic mass is 16.2. The summed E-state index contributed by atoms with van der Waals surface area (Å²) in [7, 11) is 0. The second kappa shape index (κ2) is 6.33. The molecule has 1 aromatic rings. The van der Waals surface area contributed by atoms with Gasteiger partial charge in [-0.3, -0.25) is 9.88 Å². The Balaban J connectivity index is 2.68. The Labute approximate surface area is 99.1 Å². The zero-order chi connectivity index (χ0) is 12.7. The highest BCUT2D eigenvalue weighted by molar-refractivity contribution is 5.87. The van der Waals surface area contributed by atoms with Crippen molar-refractivity contribution in [1.82, 2.24) is 14.9 Å². The van der Waals surface area contributed by atoms with Crippen LogP contribution in [0.25, 0.3) is 0 Å². The molecule has 0 aliphatic carbocycles. The number of urea groups is 1. The van der Waals surface area contributed by atoms with Gasteiger partial charge in [0, 0.05) is 12.7 Å². The molecule has 0 aliphatic rings. The van der Waals surface area contributed by atoms with Gasteiger partial charge in [-0.25, -0.2) is 9.59 Å². The Morgan fingerprint density at radius 2 is 2.41 bits per heavy atom. The second-order valence-corrected chi connectivity index (χ2v) is 3.31. The predicted molar refractivity (Wildman–Crippen MR) is 64.6 cm³/mol. The molecule has 6 nitrogen and oxygen atoms in total. The molecule has 0 unspecified atom stereocenters. The van der Waals surface area contributed by atoms with E-state index in [1.54, 1.807) is 0 Å². The van der Waals surface area contributed by atoms with Gasteiger partial charge in [0.05, 0.1) is 6.54 Å². The quantitative estimate of drug-likeness (QED) is 0.741. The molecule has 17 heavy (non-hydrogen) atoms. The third-order valence-corrected chi connectivity index (χ3v) is 1.91. The first kappa shape index (κ1) is 12.8. The topological polar surface area (TPSA) is 76.0 Å². The Morgan fingerprint density at radius 1 is 1.65 bits per heavy atom. The van der Waals surface area contributed by atoms with Gasteiger partial charge in [0.2, 0.25) is 0 Å². The van der Waals surface area contributed by atoms with Crippen LogP contribution in [-0.2, 0) is 6.54 Å². The van der Waals surface area contributed by atoms with Crippen LogP contribution in [0.15, 0.2) is 17.1 Å². The molecular formula is C11H14N4O2. The number of carbonyl (C=O) groups is 1. The average molecular weight is 234 g/mol. The molecule has 0 saturated carbocycles. The molecule has 0 radical (unpaired) electrons. The van der Waals surface area contributed by atoms with Crippen molar-refractivity contribution >= 4 is 11.8 Å². The van der Waals surface area contributed by atoms with Gasteiger partial charge >= 0.3 is 11.7 Å². The van der Waals surface area contributed by atoms with Gasteiger partial charge < -0.3 is 5.32 Å². The number of nitrogens with zero attached hydrogens (tertiary/aromatic N) is 2. The SMILES string of the molecule is C#CCn1ccc(NC(=O)NCCC)nc1=O. The van der Waals surface area contributed by atoms with E-state index in [4.69, 9.17) is 6.42 Å². The number of anilines is 1. The lowest BCUT2D eigenvalue weighted by molar-refractivity contribution is 0.252. The van der Waals surface area contributed by atoms with Crippen molar-refractivity contribution in [3.8, 4) is 12.3 Å². The van der Waals surface area contributed by atoms with Crippen molar-refractivity contribution < 1.29 is 4.79 Å². The summed E-state index contributed by atoms with van der Waals surface area (Å²) in [4.78, 5) is 26.4. The van der Waals surface area contributed by atoms with Gasteiger partial charge in [0.25, 0.3) is 0 Å². The summed E-state index contributed by atoms with van der Waals surface area (Å²) in [5, 5.41) is 5.07. The highest BCUT2D eigenvalue weighted by Crippen LogP contribution is 1.96. The lowest BCUT2D eigenvalue weighted by Crippen LogP contribution is -2.31. The van der Waals surface area contributed by atoms with E-state index in [1.807, 2.05) is 6.92 Å². The van der Waals surface area contributed by atoms with Gasteiger partial charge in [0.15, 0.2) is 0 Å². The van der Waals surface area contributed by atoms with E-state index in [0.29, 0.717) is 6.54 Å². The minimum atomic E-state index is -0.490. The number of aromatic nitrogens is 2. The predicted octanol–water partition coefficient (Wildman–Crippen LogP) is 0.408. The number of carbonyl (C=O) groups excluding carboxylic acids is 1. The molecule has 0 fully saturated rings. The molecule has 6 heteroatoms. The first-order valence-corrected chi connectivity index (χ1v) is 5.23. The summed E-state index contributed by atoms with van der Waals surface area (Å²) in [6, 6.07) is 1.14. The van der Waals surface area contributed by atoms with E-state index in [-0.39, 0.29) is 18.4 Å². The average Bonchev–Trinajstić information content (AvgIpc) is 2.30. The Hall–Kier alpha value is -2.29. The molecule has 1 heterocycles. The van der Waals surface area contributed by atoms with Gasteiger partial charge in [-0.2, -0.15) is 4.98 Å². The van der Waals surface area contributed by atoms with Crippen LogP contribution < -0.4 is 16.3 Å². The van der Waals surface area contributed by atoms with Gasteiger partial charge in [0.1, 0.15) is 5.82 Å². The van der Waals surface area contributed by atoms with Crippen LogP contribution in [-0.4, -0.2) is 22.1 Å². The van der Waals surface area contributed by atoms with Crippen LogP contribution in [0.4, 0.5) is 10.6 Å². The van der Waals surface area contributed by atoms with Crippen LogP contribution in [0, 0.1) is 12.3 Å². The van der Waals surface area contributed by atoms with Crippen LogP contribution in [0.5, 0.6) is 0 Å². The zero-order valence-electron chi connectivity index (χ0n) is 9.56. The van der Waals surface area contributed by atoms with E-state index in [2.05, 4.69) is 21.5 Å². The molecule has 1 aromatic heterocycles. The lowest BCUT2D eigenvalue weighted by Gasteiger charge is -2.06. The summed E-state index contributed by atoms with van der Waals surface area (Å²) in [6.07, 6.45) is 7.41. The Morgan fingerprint density at radius 3 is 3.00 bits per heavy atom.